The molecule has 3 rings (SSSR count). The Kier molecular flexibility index (Phi) is 4.08. The molecule has 3 fully saturated rings. The largest absolute Gasteiger partial charge is 0.393 e. The summed E-state index contributed by atoms with van der Waals surface area (Å²) in [5, 5.41) is 16.2. The number of aliphatic hydroxyl groups is 1. The molecular formula is C15H26N2O2. The Morgan fingerprint density at radius 1 is 1.21 bits per heavy atom. The molecule has 2 saturated carbocycles. The van der Waals surface area contributed by atoms with Crippen LogP contribution in [0, 0.1) is 17.8 Å². The van der Waals surface area contributed by atoms with Crippen LogP contribution in [0.25, 0.3) is 0 Å². The summed E-state index contributed by atoms with van der Waals surface area (Å²) in [5.41, 5.74) is 0. The monoisotopic (exact) mass is 266 g/mol. The van der Waals surface area contributed by atoms with Gasteiger partial charge in [0.25, 0.3) is 0 Å². The Bertz CT molecular complexity index is 334. The van der Waals surface area contributed by atoms with Crippen LogP contribution in [0.15, 0.2) is 0 Å². The van der Waals surface area contributed by atoms with E-state index >= 15 is 0 Å². The first kappa shape index (κ1) is 13.4. The van der Waals surface area contributed by atoms with Gasteiger partial charge in [-0.1, -0.05) is 12.8 Å². The quantitative estimate of drug-likeness (QED) is 0.715. The molecule has 5 atom stereocenters. The normalized spacial score (nSPS) is 42.1. The molecule has 5 unspecified atom stereocenters. The first-order chi connectivity index (χ1) is 9.24. The predicted molar refractivity (Wildman–Crippen MR) is 73.6 cm³/mol. The minimum absolute atomic E-state index is 0.0426. The number of hydrogen-bond acceptors (Lipinski definition) is 3. The Morgan fingerprint density at radius 3 is 2.89 bits per heavy atom. The maximum atomic E-state index is 12.3. The zero-order valence-corrected chi connectivity index (χ0v) is 11.6. The second kappa shape index (κ2) is 5.80. The fourth-order valence-electron chi connectivity index (χ4n) is 4.28. The van der Waals surface area contributed by atoms with E-state index in [0.29, 0.717) is 11.8 Å². The van der Waals surface area contributed by atoms with E-state index in [-0.39, 0.29) is 18.1 Å². The molecule has 2 aliphatic carbocycles. The predicted octanol–water partition coefficient (Wildman–Crippen LogP) is 1.04. The van der Waals surface area contributed by atoms with Gasteiger partial charge in [-0.2, -0.15) is 0 Å². The van der Waals surface area contributed by atoms with Crippen molar-refractivity contribution in [2.45, 2.75) is 57.1 Å². The lowest BCUT2D eigenvalue weighted by Gasteiger charge is -2.27. The molecule has 0 aromatic heterocycles. The van der Waals surface area contributed by atoms with Crippen LogP contribution in [0.5, 0.6) is 0 Å². The van der Waals surface area contributed by atoms with E-state index in [2.05, 4.69) is 10.6 Å². The van der Waals surface area contributed by atoms with Crippen molar-refractivity contribution >= 4 is 5.91 Å². The number of hydrogen-bond donors (Lipinski definition) is 3. The first-order valence-corrected chi connectivity index (χ1v) is 7.93. The molecule has 1 aliphatic heterocycles. The summed E-state index contributed by atoms with van der Waals surface area (Å²) >= 11 is 0. The summed E-state index contributed by atoms with van der Waals surface area (Å²) < 4.78 is 0. The zero-order chi connectivity index (χ0) is 13.2. The van der Waals surface area contributed by atoms with Crippen LogP contribution in [0.2, 0.25) is 0 Å². The lowest BCUT2D eigenvalue weighted by Crippen LogP contribution is -2.45. The molecule has 0 aromatic carbocycles. The van der Waals surface area contributed by atoms with Gasteiger partial charge in [-0.15, -0.1) is 0 Å². The van der Waals surface area contributed by atoms with Gasteiger partial charge in [-0.3, -0.25) is 4.79 Å². The van der Waals surface area contributed by atoms with Gasteiger partial charge in [0.05, 0.1) is 12.1 Å². The number of nitrogens with one attached hydrogen (secondary N) is 2. The molecule has 0 aromatic rings. The number of rotatable bonds is 3. The van der Waals surface area contributed by atoms with Crippen molar-refractivity contribution in [2.75, 3.05) is 13.1 Å². The van der Waals surface area contributed by atoms with Crippen LogP contribution in [0.4, 0.5) is 0 Å². The molecule has 4 nitrogen and oxygen atoms in total. The van der Waals surface area contributed by atoms with Crippen LogP contribution in [0.1, 0.15) is 44.9 Å². The van der Waals surface area contributed by atoms with Crippen LogP contribution in [-0.4, -0.2) is 36.2 Å². The summed E-state index contributed by atoms with van der Waals surface area (Å²) in [6.07, 6.45) is 7.64. The molecular weight excluding hydrogens is 240 g/mol. The fraction of sp³-hybridized carbons (Fsp3) is 0.933. The minimum Gasteiger partial charge on any atom is -0.393 e. The molecule has 0 spiro atoms. The maximum absolute atomic E-state index is 12.3. The van der Waals surface area contributed by atoms with E-state index in [1.165, 1.54) is 19.3 Å². The van der Waals surface area contributed by atoms with Crippen LogP contribution < -0.4 is 10.6 Å². The van der Waals surface area contributed by atoms with Crippen molar-refractivity contribution in [1.82, 2.24) is 10.6 Å². The van der Waals surface area contributed by atoms with Crippen LogP contribution in [0.3, 0.4) is 0 Å². The third-order valence-electron chi connectivity index (χ3n) is 5.35. The lowest BCUT2D eigenvalue weighted by atomic mass is 9.87. The maximum Gasteiger partial charge on any atom is 0.237 e. The molecule has 19 heavy (non-hydrogen) atoms. The van der Waals surface area contributed by atoms with Crippen LogP contribution in [-0.2, 0) is 4.79 Å². The Balaban J connectivity index is 1.46. The average Bonchev–Trinajstić information content (AvgIpc) is 2.98. The Labute approximate surface area is 115 Å². The van der Waals surface area contributed by atoms with Gasteiger partial charge in [-0.25, -0.2) is 0 Å². The summed E-state index contributed by atoms with van der Waals surface area (Å²) in [5.74, 6) is 1.95. The SMILES string of the molecule is O=C(NCC1CCCC(O)C1)C1NCC2CCCC21. The van der Waals surface area contributed by atoms with E-state index < -0.39 is 0 Å². The second-order valence-electron chi connectivity index (χ2n) is 6.67. The Hall–Kier alpha value is -0.610. The van der Waals surface area contributed by atoms with Gasteiger partial charge in [0.1, 0.15) is 0 Å². The van der Waals surface area contributed by atoms with Crippen molar-refractivity contribution in [3.63, 3.8) is 0 Å². The van der Waals surface area contributed by atoms with Crippen molar-refractivity contribution in [3.05, 3.63) is 0 Å². The molecule has 3 N–H and O–H groups in total. The third-order valence-corrected chi connectivity index (χ3v) is 5.35. The highest BCUT2D eigenvalue weighted by atomic mass is 16.3. The third kappa shape index (κ3) is 2.95. The van der Waals surface area contributed by atoms with Crippen molar-refractivity contribution in [3.8, 4) is 0 Å². The van der Waals surface area contributed by atoms with Crippen molar-refractivity contribution in [2.24, 2.45) is 17.8 Å². The fourth-order valence-corrected chi connectivity index (χ4v) is 4.28. The van der Waals surface area contributed by atoms with E-state index in [0.717, 1.165) is 44.7 Å². The summed E-state index contributed by atoms with van der Waals surface area (Å²) in [6.45, 7) is 1.76. The smallest absolute Gasteiger partial charge is 0.237 e. The molecule has 1 amide bonds. The number of fused-ring (bicyclic) bond motifs is 1. The zero-order valence-electron chi connectivity index (χ0n) is 11.6. The lowest BCUT2D eigenvalue weighted by molar-refractivity contribution is -0.124. The van der Waals surface area contributed by atoms with Gasteiger partial charge in [-0.05, 0) is 56.4 Å². The summed E-state index contributed by atoms with van der Waals surface area (Å²) in [4.78, 5) is 12.3. The van der Waals surface area contributed by atoms with Gasteiger partial charge in [0, 0.05) is 6.54 Å². The first-order valence-electron chi connectivity index (χ1n) is 7.93. The number of aliphatic hydroxyl groups excluding tert-OH is 1. The highest BCUT2D eigenvalue weighted by Gasteiger charge is 2.42. The number of amides is 1. The van der Waals surface area contributed by atoms with E-state index in [9.17, 15) is 9.90 Å². The highest BCUT2D eigenvalue weighted by Crippen LogP contribution is 2.37. The van der Waals surface area contributed by atoms with Gasteiger partial charge in [0.2, 0.25) is 5.91 Å². The molecule has 0 radical (unpaired) electrons. The topological polar surface area (TPSA) is 61.4 Å². The average molecular weight is 266 g/mol. The second-order valence-corrected chi connectivity index (χ2v) is 6.67. The van der Waals surface area contributed by atoms with Gasteiger partial charge in [0.15, 0.2) is 0 Å². The molecule has 108 valence electrons. The molecule has 4 heteroatoms. The summed E-state index contributed by atoms with van der Waals surface area (Å²) in [7, 11) is 0. The molecule has 0 bridgehead atoms. The minimum atomic E-state index is -0.153. The molecule has 3 aliphatic rings. The van der Waals surface area contributed by atoms with Gasteiger partial charge >= 0.3 is 0 Å². The molecule has 1 saturated heterocycles. The van der Waals surface area contributed by atoms with Crippen LogP contribution >= 0.6 is 0 Å². The Morgan fingerprint density at radius 2 is 2.05 bits per heavy atom. The van der Waals surface area contributed by atoms with E-state index in [1.807, 2.05) is 0 Å². The number of carbonyl (C=O) groups excluding carboxylic acids is 1. The summed E-state index contributed by atoms with van der Waals surface area (Å²) in [6, 6.07) is 0.0426. The van der Waals surface area contributed by atoms with Gasteiger partial charge < -0.3 is 15.7 Å². The van der Waals surface area contributed by atoms with Crippen molar-refractivity contribution in [1.29, 1.82) is 0 Å². The molecule has 1 heterocycles. The van der Waals surface area contributed by atoms with E-state index in [1.54, 1.807) is 0 Å². The standard InChI is InChI=1S/C15H26N2O2/c18-12-5-1-3-10(7-12)8-17-15(19)14-13-6-2-4-11(13)9-16-14/h10-14,16,18H,1-9H2,(H,17,19). The van der Waals surface area contributed by atoms with E-state index in [4.69, 9.17) is 0 Å². The highest BCUT2D eigenvalue weighted by molar-refractivity contribution is 5.82. The number of carbonyl (C=O) groups is 1. The van der Waals surface area contributed by atoms with Crippen molar-refractivity contribution < 1.29 is 9.90 Å².